The predicted octanol–water partition coefficient (Wildman–Crippen LogP) is 4.48. The van der Waals surface area contributed by atoms with Crippen LogP contribution in [0.25, 0.3) is 11.3 Å². The van der Waals surface area contributed by atoms with Crippen molar-refractivity contribution in [3.8, 4) is 28.8 Å². The molecule has 0 bridgehead atoms. The number of aromatic amines is 1. The fraction of sp³-hybridized carbons (Fsp3) is 0.0556. The Kier molecular flexibility index (Phi) is 5.08. The summed E-state index contributed by atoms with van der Waals surface area (Å²) in [6.45, 7) is 0. The third-order valence-electron chi connectivity index (χ3n) is 3.38. The Morgan fingerprint density at radius 2 is 1.72 bits per heavy atom. The number of nitriles is 1. The Morgan fingerprint density at radius 1 is 1.12 bits per heavy atom. The van der Waals surface area contributed by atoms with Crippen LogP contribution in [-0.4, -0.2) is 16.2 Å². The molecule has 0 atom stereocenters. The van der Waals surface area contributed by atoms with Crippen LogP contribution in [0.4, 0.5) is 0 Å². The normalized spacial score (nSPS) is 10.3. The zero-order valence-corrected chi connectivity index (χ0v) is 14.7. The minimum atomic E-state index is -0.446. The summed E-state index contributed by atoms with van der Waals surface area (Å²) < 4.78 is 5.73. The number of nitrogens with one attached hydrogen (secondary N) is 1. The van der Waals surface area contributed by atoms with Crippen molar-refractivity contribution in [3.05, 3.63) is 69.5 Å². The summed E-state index contributed by atoms with van der Waals surface area (Å²) in [5, 5.41) is 10.3. The molecule has 1 heterocycles. The molecule has 0 radical (unpaired) electrons. The number of hydrogen-bond donors (Lipinski definition) is 1. The number of H-pyrrole nitrogens is 1. The van der Waals surface area contributed by atoms with Crippen LogP contribution in [0.2, 0.25) is 5.02 Å². The molecule has 0 unspecified atom stereocenters. The van der Waals surface area contributed by atoms with Crippen LogP contribution in [0.5, 0.6) is 11.5 Å². The maximum Gasteiger partial charge on any atom is 0.270 e. The van der Waals surface area contributed by atoms with Crippen LogP contribution in [-0.2, 0) is 0 Å². The van der Waals surface area contributed by atoms with Crippen molar-refractivity contribution in [2.75, 3.05) is 6.26 Å². The molecule has 0 aliphatic rings. The minimum Gasteiger partial charge on any atom is -0.457 e. The first-order valence-electron chi connectivity index (χ1n) is 7.23. The van der Waals surface area contributed by atoms with Gasteiger partial charge in [-0.3, -0.25) is 4.79 Å². The van der Waals surface area contributed by atoms with E-state index in [4.69, 9.17) is 16.3 Å². The molecule has 7 heteroatoms. The number of halogens is 1. The summed E-state index contributed by atoms with van der Waals surface area (Å²) in [6, 6.07) is 16.0. The van der Waals surface area contributed by atoms with Gasteiger partial charge < -0.3 is 9.72 Å². The van der Waals surface area contributed by atoms with E-state index in [0.29, 0.717) is 32.9 Å². The highest BCUT2D eigenvalue weighted by atomic mass is 35.5. The number of thioether (sulfide) groups is 1. The van der Waals surface area contributed by atoms with Crippen LogP contribution in [0.15, 0.2) is 58.5 Å². The fourth-order valence-electron chi connectivity index (χ4n) is 2.18. The maximum absolute atomic E-state index is 12.0. The van der Waals surface area contributed by atoms with Crippen molar-refractivity contribution in [1.29, 1.82) is 5.26 Å². The summed E-state index contributed by atoms with van der Waals surface area (Å²) in [7, 11) is 0. The molecule has 0 spiro atoms. The Hall–Kier alpha value is -2.75. The van der Waals surface area contributed by atoms with Gasteiger partial charge in [0.25, 0.3) is 5.56 Å². The SMILES string of the molecule is CSc1nc(-c2ccc(Oc3ccc(Cl)cc3)cc2)c(C#N)c(=O)[nH]1. The number of rotatable bonds is 4. The lowest BCUT2D eigenvalue weighted by Gasteiger charge is -2.08. The van der Waals surface area contributed by atoms with Gasteiger partial charge in [-0.15, -0.1) is 0 Å². The van der Waals surface area contributed by atoms with E-state index in [2.05, 4.69) is 9.97 Å². The van der Waals surface area contributed by atoms with Crippen molar-refractivity contribution in [2.45, 2.75) is 5.16 Å². The first-order valence-corrected chi connectivity index (χ1v) is 8.83. The molecular weight excluding hydrogens is 358 g/mol. The van der Waals surface area contributed by atoms with Gasteiger partial charge in [0.1, 0.15) is 23.1 Å². The predicted molar refractivity (Wildman–Crippen MR) is 98.3 cm³/mol. The van der Waals surface area contributed by atoms with Gasteiger partial charge in [-0.25, -0.2) is 4.98 Å². The fourth-order valence-corrected chi connectivity index (χ4v) is 2.68. The maximum atomic E-state index is 12.0. The van der Waals surface area contributed by atoms with Crippen LogP contribution in [0.1, 0.15) is 5.56 Å². The quantitative estimate of drug-likeness (QED) is 0.542. The van der Waals surface area contributed by atoms with E-state index < -0.39 is 5.56 Å². The molecule has 0 saturated carbocycles. The highest BCUT2D eigenvalue weighted by Gasteiger charge is 2.13. The van der Waals surface area contributed by atoms with Gasteiger partial charge in [0, 0.05) is 10.6 Å². The van der Waals surface area contributed by atoms with E-state index in [-0.39, 0.29) is 5.56 Å². The molecule has 5 nitrogen and oxygen atoms in total. The van der Waals surface area contributed by atoms with Crippen LogP contribution < -0.4 is 10.3 Å². The highest BCUT2D eigenvalue weighted by Crippen LogP contribution is 2.27. The standard InChI is InChI=1S/C18H12ClN3O2S/c1-25-18-21-16(15(10-20)17(23)22-18)11-2-6-13(7-3-11)24-14-8-4-12(19)5-9-14/h2-9H,1H3,(H,21,22,23). The third kappa shape index (κ3) is 3.85. The number of ether oxygens (including phenoxy) is 1. The molecular formula is C18H12ClN3O2S. The van der Waals surface area contributed by atoms with Crippen LogP contribution >= 0.6 is 23.4 Å². The van der Waals surface area contributed by atoms with Crippen molar-refractivity contribution in [3.63, 3.8) is 0 Å². The number of aromatic nitrogens is 2. The van der Waals surface area contributed by atoms with Gasteiger partial charge in [0.15, 0.2) is 5.16 Å². The number of benzene rings is 2. The van der Waals surface area contributed by atoms with E-state index in [1.54, 1.807) is 54.8 Å². The average molecular weight is 370 g/mol. The second-order valence-electron chi connectivity index (χ2n) is 4.99. The summed E-state index contributed by atoms with van der Waals surface area (Å²) in [4.78, 5) is 18.9. The molecule has 0 saturated heterocycles. The molecule has 3 aromatic rings. The summed E-state index contributed by atoms with van der Waals surface area (Å²) in [5.74, 6) is 1.29. The zero-order chi connectivity index (χ0) is 17.8. The monoisotopic (exact) mass is 369 g/mol. The molecule has 25 heavy (non-hydrogen) atoms. The zero-order valence-electron chi connectivity index (χ0n) is 13.1. The van der Waals surface area contributed by atoms with E-state index in [9.17, 15) is 10.1 Å². The number of hydrogen-bond acceptors (Lipinski definition) is 5. The smallest absolute Gasteiger partial charge is 0.270 e. The molecule has 3 rings (SSSR count). The lowest BCUT2D eigenvalue weighted by atomic mass is 10.1. The molecule has 0 fully saturated rings. The lowest BCUT2D eigenvalue weighted by molar-refractivity contribution is 0.483. The average Bonchev–Trinajstić information content (AvgIpc) is 2.63. The first kappa shape index (κ1) is 17.1. The summed E-state index contributed by atoms with van der Waals surface area (Å²) in [6.07, 6.45) is 1.80. The van der Waals surface area contributed by atoms with Crippen molar-refractivity contribution in [1.82, 2.24) is 9.97 Å². The summed E-state index contributed by atoms with van der Waals surface area (Å²) >= 11 is 7.16. The molecule has 1 N–H and O–H groups in total. The highest BCUT2D eigenvalue weighted by molar-refractivity contribution is 7.98. The Balaban J connectivity index is 1.93. The third-order valence-corrected chi connectivity index (χ3v) is 4.21. The van der Waals surface area contributed by atoms with Crippen LogP contribution in [0, 0.1) is 11.3 Å². The van der Waals surface area contributed by atoms with Gasteiger partial charge in [0.2, 0.25) is 0 Å². The lowest BCUT2D eigenvalue weighted by Crippen LogP contribution is -2.14. The van der Waals surface area contributed by atoms with E-state index in [1.165, 1.54) is 11.8 Å². The van der Waals surface area contributed by atoms with Crippen LogP contribution in [0.3, 0.4) is 0 Å². The molecule has 124 valence electrons. The topological polar surface area (TPSA) is 78.8 Å². The molecule has 2 aromatic carbocycles. The van der Waals surface area contributed by atoms with Crippen molar-refractivity contribution >= 4 is 23.4 Å². The summed E-state index contributed by atoms with van der Waals surface area (Å²) in [5.41, 5.74) is 0.567. The first-order chi connectivity index (χ1) is 12.1. The second kappa shape index (κ2) is 7.43. The minimum absolute atomic E-state index is 0.0100. The Labute approximate surface area is 153 Å². The van der Waals surface area contributed by atoms with Gasteiger partial charge >= 0.3 is 0 Å². The molecule has 1 aromatic heterocycles. The second-order valence-corrected chi connectivity index (χ2v) is 6.22. The van der Waals surface area contributed by atoms with E-state index in [0.717, 1.165) is 0 Å². The van der Waals surface area contributed by atoms with Gasteiger partial charge in [-0.1, -0.05) is 23.4 Å². The number of nitrogens with zero attached hydrogens (tertiary/aromatic N) is 2. The Morgan fingerprint density at radius 3 is 2.28 bits per heavy atom. The van der Waals surface area contributed by atoms with Gasteiger partial charge in [0.05, 0.1) is 5.69 Å². The van der Waals surface area contributed by atoms with Gasteiger partial charge in [-0.05, 0) is 54.8 Å². The molecule has 0 amide bonds. The largest absolute Gasteiger partial charge is 0.457 e. The van der Waals surface area contributed by atoms with Crippen molar-refractivity contribution < 1.29 is 4.74 Å². The Bertz CT molecular complexity index is 993. The van der Waals surface area contributed by atoms with E-state index in [1.807, 2.05) is 6.07 Å². The van der Waals surface area contributed by atoms with Crippen molar-refractivity contribution in [2.24, 2.45) is 0 Å². The van der Waals surface area contributed by atoms with Gasteiger partial charge in [-0.2, -0.15) is 5.26 Å². The molecule has 0 aliphatic heterocycles. The molecule has 0 aliphatic carbocycles. The van der Waals surface area contributed by atoms with E-state index >= 15 is 0 Å².